The van der Waals surface area contributed by atoms with Gasteiger partial charge in [0.2, 0.25) is 0 Å². The maximum absolute atomic E-state index is 13.4. The summed E-state index contributed by atoms with van der Waals surface area (Å²) in [5.41, 5.74) is 2.35. The van der Waals surface area contributed by atoms with Crippen molar-refractivity contribution in [3.8, 4) is 11.3 Å². The second-order valence-corrected chi connectivity index (χ2v) is 9.25. The lowest BCUT2D eigenvalue weighted by atomic mass is 10.1. The van der Waals surface area contributed by atoms with E-state index in [-0.39, 0.29) is 17.5 Å². The number of nitrogens with zero attached hydrogens (tertiary/aromatic N) is 1. The van der Waals surface area contributed by atoms with Crippen molar-refractivity contribution in [2.24, 2.45) is 0 Å². The van der Waals surface area contributed by atoms with Gasteiger partial charge in [-0.2, -0.15) is 0 Å². The van der Waals surface area contributed by atoms with E-state index in [1.807, 2.05) is 19.1 Å². The van der Waals surface area contributed by atoms with E-state index in [4.69, 9.17) is 27.6 Å². The highest BCUT2D eigenvalue weighted by Gasteiger charge is 2.22. The molecule has 1 fully saturated rings. The van der Waals surface area contributed by atoms with E-state index >= 15 is 0 Å². The zero-order valence-electron chi connectivity index (χ0n) is 18.9. The van der Waals surface area contributed by atoms with Gasteiger partial charge in [-0.25, -0.2) is 0 Å². The number of furan rings is 1. The number of hydrogen-bond acceptors (Lipinski definition) is 3. The number of rotatable bonds is 5. The number of likely N-dealkylation sites (tertiary alicyclic amines) is 1. The van der Waals surface area contributed by atoms with Crippen LogP contribution in [0.1, 0.15) is 47.4 Å². The van der Waals surface area contributed by atoms with Gasteiger partial charge in [-0.15, -0.1) is 0 Å². The molecule has 5 nitrogen and oxygen atoms in total. The van der Waals surface area contributed by atoms with E-state index < -0.39 is 0 Å². The molecular weight excluding hydrogens is 471 g/mol. The zero-order chi connectivity index (χ0) is 24.1. The van der Waals surface area contributed by atoms with Crippen molar-refractivity contribution >= 4 is 41.1 Å². The Bertz CT molecular complexity index is 1210. The van der Waals surface area contributed by atoms with E-state index in [1.165, 1.54) is 0 Å². The quantitative estimate of drug-likeness (QED) is 0.398. The number of nitrogens with one attached hydrogen (secondary N) is 1. The molecule has 2 heterocycles. The van der Waals surface area contributed by atoms with Crippen LogP contribution in [0.15, 0.2) is 64.7 Å². The molecule has 0 saturated carbocycles. The minimum absolute atomic E-state index is 0.172. The Labute approximate surface area is 209 Å². The van der Waals surface area contributed by atoms with Gasteiger partial charge < -0.3 is 14.6 Å². The normalized spacial score (nSPS) is 14.6. The van der Waals surface area contributed by atoms with Crippen molar-refractivity contribution in [1.29, 1.82) is 0 Å². The Morgan fingerprint density at radius 2 is 1.65 bits per heavy atom. The predicted molar refractivity (Wildman–Crippen MR) is 136 cm³/mol. The van der Waals surface area contributed by atoms with Crippen molar-refractivity contribution in [2.75, 3.05) is 13.1 Å². The number of aryl methyl sites for hydroxylation is 1. The third kappa shape index (κ3) is 5.91. The largest absolute Gasteiger partial charge is 0.457 e. The van der Waals surface area contributed by atoms with Gasteiger partial charge in [0, 0.05) is 35.3 Å². The van der Waals surface area contributed by atoms with Gasteiger partial charge in [-0.1, -0.05) is 53.7 Å². The van der Waals surface area contributed by atoms with Crippen LogP contribution < -0.4 is 5.32 Å². The minimum atomic E-state index is -0.348. The number of halogens is 2. The molecule has 3 aromatic rings. The fourth-order valence-corrected chi connectivity index (χ4v) is 4.28. The third-order valence-corrected chi connectivity index (χ3v) is 6.36. The Kier molecular flexibility index (Phi) is 7.76. The molecule has 2 aromatic carbocycles. The molecule has 4 rings (SSSR count). The molecule has 0 atom stereocenters. The topological polar surface area (TPSA) is 62.6 Å². The predicted octanol–water partition coefficient (Wildman–Crippen LogP) is 6.74. The first-order chi connectivity index (χ1) is 16.4. The van der Waals surface area contributed by atoms with Gasteiger partial charge in [0.25, 0.3) is 11.8 Å². The molecule has 0 radical (unpaired) electrons. The average molecular weight is 497 g/mol. The van der Waals surface area contributed by atoms with Gasteiger partial charge in [0.05, 0.1) is 5.02 Å². The summed E-state index contributed by atoms with van der Waals surface area (Å²) in [6, 6.07) is 15.8. The Balaban J connectivity index is 1.65. The minimum Gasteiger partial charge on any atom is -0.457 e. The molecule has 1 saturated heterocycles. The maximum atomic E-state index is 13.4. The zero-order valence-corrected chi connectivity index (χ0v) is 20.5. The molecule has 0 bridgehead atoms. The second-order valence-electron chi connectivity index (χ2n) is 8.41. The molecule has 176 valence electrons. The van der Waals surface area contributed by atoms with Crippen LogP contribution in [0.3, 0.4) is 0 Å². The molecule has 2 amide bonds. The molecule has 1 aliphatic heterocycles. The van der Waals surface area contributed by atoms with Crippen LogP contribution in [0.2, 0.25) is 10.0 Å². The van der Waals surface area contributed by atoms with Crippen molar-refractivity contribution < 1.29 is 14.0 Å². The SMILES string of the molecule is Cc1ccc(C(=O)N/C(=C/c2ccc(-c3cc(Cl)ccc3Cl)o2)C(=O)N2CCCCCC2)cc1. The summed E-state index contributed by atoms with van der Waals surface area (Å²) in [6.07, 6.45) is 5.66. The lowest BCUT2D eigenvalue weighted by molar-refractivity contribution is -0.127. The van der Waals surface area contributed by atoms with Crippen LogP contribution in [0.5, 0.6) is 0 Å². The lowest BCUT2D eigenvalue weighted by Gasteiger charge is -2.22. The first-order valence-electron chi connectivity index (χ1n) is 11.3. The first kappa shape index (κ1) is 24.1. The van der Waals surface area contributed by atoms with Gasteiger partial charge in [-0.3, -0.25) is 9.59 Å². The van der Waals surface area contributed by atoms with Gasteiger partial charge in [0.1, 0.15) is 17.2 Å². The highest BCUT2D eigenvalue weighted by Crippen LogP contribution is 2.32. The van der Waals surface area contributed by atoms with E-state index in [0.717, 1.165) is 31.2 Å². The van der Waals surface area contributed by atoms with Crippen molar-refractivity contribution in [3.63, 3.8) is 0 Å². The highest BCUT2D eigenvalue weighted by atomic mass is 35.5. The molecule has 1 aromatic heterocycles. The molecule has 7 heteroatoms. The molecule has 0 unspecified atom stereocenters. The summed E-state index contributed by atoms with van der Waals surface area (Å²) < 4.78 is 5.96. The van der Waals surface area contributed by atoms with Crippen LogP contribution in [0.25, 0.3) is 17.4 Å². The summed E-state index contributed by atoms with van der Waals surface area (Å²) in [6.45, 7) is 3.28. The van der Waals surface area contributed by atoms with E-state index in [1.54, 1.807) is 53.4 Å². The van der Waals surface area contributed by atoms with Crippen LogP contribution in [0, 0.1) is 6.92 Å². The molecule has 34 heavy (non-hydrogen) atoms. The number of hydrogen-bond donors (Lipinski definition) is 1. The lowest BCUT2D eigenvalue weighted by Crippen LogP contribution is -2.39. The van der Waals surface area contributed by atoms with Gasteiger partial charge >= 0.3 is 0 Å². The summed E-state index contributed by atoms with van der Waals surface area (Å²) in [7, 11) is 0. The molecule has 1 aliphatic rings. The molecule has 0 spiro atoms. The number of benzene rings is 2. The average Bonchev–Trinajstić information content (AvgIpc) is 3.11. The van der Waals surface area contributed by atoms with Crippen LogP contribution in [0.4, 0.5) is 0 Å². The van der Waals surface area contributed by atoms with Gasteiger partial charge in [-0.05, 0) is 62.2 Å². The van der Waals surface area contributed by atoms with Crippen LogP contribution in [-0.2, 0) is 4.79 Å². The smallest absolute Gasteiger partial charge is 0.270 e. The Hall–Kier alpha value is -3.02. The fourth-order valence-electron chi connectivity index (χ4n) is 3.90. The van der Waals surface area contributed by atoms with E-state index in [0.29, 0.717) is 45.8 Å². The Morgan fingerprint density at radius 3 is 2.35 bits per heavy atom. The first-order valence-corrected chi connectivity index (χ1v) is 12.1. The van der Waals surface area contributed by atoms with E-state index in [2.05, 4.69) is 5.32 Å². The van der Waals surface area contributed by atoms with Crippen molar-refractivity contribution in [3.05, 3.63) is 87.2 Å². The number of carbonyl (C=O) groups excluding carboxylic acids is 2. The molecule has 0 aliphatic carbocycles. The summed E-state index contributed by atoms with van der Waals surface area (Å²) in [4.78, 5) is 28.1. The molecule has 1 N–H and O–H groups in total. The summed E-state index contributed by atoms with van der Waals surface area (Å²) >= 11 is 12.4. The summed E-state index contributed by atoms with van der Waals surface area (Å²) in [5, 5.41) is 3.85. The Morgan fingerprint density at radius 1 is 0.941 bits per heavy atom. The van der Waals surface area contributed by atoms with Gasteiger partial charge in [0.15, 0.2) is 0 Å². The third-order valence-electron chi connectivity index (χ3n) is 5.79. The highest BCUT2D eigenvalue weighted by molar-refractivity contribution is 6.35. The monoisotopic (exact) mass is 496 g/mol. The number of amides is 2. The summed E-state index contributed by atoms with van der Waals surface area (Å²) in [5.74, 6) is 0.374. The maximum Gasteiger partial charge on any atom is 0.270 e. The van der Waals surface area contributed by atoms with Crippen molar-refractivity contribution in [2.45, 2.75) is 32.6 Å². The van der Waals surface area contributed by atoms with E-state index in [9.17, 15) is 9.59 Å². The van der Waals surface area contributed by atoms with Crippen LogP contribution >= 0.6 is 23.2 Å². The van der Waals surface area contributed by atoms with Crippen molar-refractivity contribution in [1.82, 2.24) is 10.2 Å². The number of carbonyl (C=O) groups is 2. The fraction of sp³-hybridized carbons (Fsp3) is 0.259. The second kappa shape index (κ2) is 10.9. The van der Waals surface area contributed by atoms with Crippen LogP contribution in [-0.4, -0.2) is 29.8 Å². The standard InChI is InChI=1S/C27H26Cl2N2O3/c1-18-6-8-19(9-7-18)26(32)30-24(27(33)31-14-4-2-3-5-15-31)17-21-11-13-25(34-21)22-16-20(28)10-12-23(22)29/h6-13,16-17H,2-5,14-15H2,1H3,(H,30,32)/b24-17+. The molecular formula is C27H26Cl2N2O3.